The molecule has 1 aliphatic rings. The topological polar surface area (TPSA) is 66.8 Å². The maximum atomic E-state index is 12.5. The fourth-order valence-corrected chi connectivity index (χ4v) is 4.07. The lowest BCUT2D eigenvalue weighted by Gasteiger charge is -2.13. The number of carbonyl (C=O) groups is 2. The molecule has 0 saturated carbocycles. The monoisotopic (exact) mass is 447 g/mol. The van der Waals surface area contributed by atoms with Gasteiger partial charge in [-0.1, -0.05) is 59.8 Å². The second-order valence-electron chi connectivity index (χ2n) is 6.31. The third-order valence-electron chi connectivity index (χ3n) is 4.14. The van der Waals surface area contributed by atoms with E-state index in [2.05, 4.69) is 0 Å². The molecule has 0 bridgehead atoms. The summed E-state index contributed by atoms with van der Waals surface area (Å²) in [6.45, 7) is 0.747. The van der Waals surface area contributed by atoms with E-state index in [1.807, 2.05) is 48.5 Å². The number of nitrogens with zero attached hydrogens (tertiary/aromatic N) is 1. The molecule has 1 amide bonds. The third kappa shape index (κ3) is 6.06. The molecule has 0 atom stereocenters. The van der Waals surface area contributed by atoms with Crippen molar-refractivity contribution in [2.75, 3.05) is 6.54 Å². The van der Waals surface area contributed by atoms with Gasteiger partial charge >= 0.3 is 5.97 Å². The van der Waals surface area contributed by atoms with Gasteiger partial charge in [0.1, 0.15) is 16.7 Å². The maximum Gasteiger partial charge on any atom is 0.303 e. The molecule has 150 valence electrons. The van der Waals surface area contributed by atoms with Gasteiger partial charge in [-0.15, -0.1) is 0 Å². The number of amides is 1. The van der Waals surface area contributed by atoms with Gasteiger partial charge in [0.25, 0.3) is 5.91 Å². The molecule has 1 aliphatic heterocycles. The van der Waals surface area contributed by atoms with Crippen molar-refractivity contribution in [1.82, 2.24) is 4.90 Å². The number of carboxylic acid groups (broad SMARTS) is 1. The van der Waals surface area contributed by atoms with Crippen LogP contribution in [0.1, 0.15) is 24.0 Å². The van der Waals surface area contributed by atoms with Gasteiger partial charge in [-0.2, -0.15) is 0 Å². The molecule has 1 saturated heterocycles. The second kappa shape index (κ2) is 9.91. The van der Waals surface area contributed by atoms with Gasteiger partial charge in [0.2, 0.25) is 0 Å². The molecule has 5 nitrogen and oxygen atoms in total. The second-order valence-corrected chi connectivity index (χ2v) is 8.43. The van der Waals surface area contributed by atoms with Crippen molar-refractivity contribution in [1.29, 1.82) is 0 Å². The third-order valence-corrected chi connectivity index (χ3v) is 5.77. The highest BCUT2D eigenvalue weighted by Gasteiger charge is 2.31. The highest BCUT2D eigenvalue weighted by Crippen LogP contribution is 2.33. The van der Waals surface area contributed by atoms with Crippen LogP contribution in [0, 0.1) is 0 Å². The molecule has 3 rings (SSSR count). The van der Waals surface area contributed by atoms with Gasteiger partial charge in [-0.05, 0) is 47.9 Å². The highest BCUT2D eigenvalue weighted by molar-refractivity contribution is 8.26. The van der Waals surface area contributed by atoms with E-state index in [9.17, 15) is 9.59 Å². The zero-order valence-electron chi connectivity index (χ0n) is 15.3. The Labute approximate surface area is 183 Å². The number of hydrogen-bond acceptors (Lipinski definition) is 5. The number of ether oxygens (including phenoxy) is 1. The first-order chi connectivity index (χ1) is 13.9. The fourth-order valence-electron chi connectivity index (χ4n) is 2.64. The zero-order valence-corrected chi connectivity index (χ0v) is 17.7. The summed E-state index contributed by atoms with van der Waals surface area (Å²) in [5.41, 5.74) is 1.87. The molecule has 0 aliphatic carbocycles. The Balaban J connectivity index is 1.58. The van der Waals surface area contributed by atoms with Crippen LogP contribution in [0.5, 0.6) is 5.75 Å². The molecule has 0 radical (unpaired) electrons. The Morgan fingerprint density at radius 1 is 1.17 bits per heavy atom. The number of benzene rings is 2. The summed E-state index contributed by atoms with van der Waals surface area (Å²) in [5.74, 6) is -0.351. The van der Waals surface area contributed by atoms with Crippen LogP contribution in [0.15, 0.2) is 53.4 Å². The largest absolute Gasteiger partial charge is 0.489 e. The van der Waals surface area contributed by atoms with E-state index in [4.69, 9.17) is 33.7 Å². The number of thioether (sulfide) groups is 1. The van der Waals surface area contributed by atoms with Crippen LogP contribution in [0.25, 0.3) is 6.08 Å². The van der Waals surface area contributed by atoms with Crippen LogP contribution >= 0.6 is 35.6 Å². The first-order valence-corrected chi connectivity index (χ1v) is 10.5. The summed E-state index contributed by atoms with van der Waals surface area (Å²) in [6, 6.07) is 14.9. The highest BCUT2D eigenvalue weighted by atomic mass is 35.5. The Morgan fingerprint density at radius 3 is 2.52 bits per heavy atom. The number of rotatable bonds is 8. The lowest BCUT2D eigenvalue weighted by Crippen LogP contribution is -2.29. The summed E-state index contributed by atoms with van der Waals surface area (Å²) >= 11 is 12.4. The van der Waals surface area contributed by atoms with Gasteiger partial charge in [0.15, 0.2) is 0 Å². The Bertz CT molecular complexity index is 942. The van der Waals surface area contributed by atoms with Crippen LogP contribution < -0.4 is 4.74 Å². The number of thiocarbonyl (C=S) groups is 1. The standard InChI is InChI=1S/C21H18ClNO4S2/c22-16-7-3-15(4-8-16)13-27-17-9-5-14(6-10-17)12-18-20(26)23(21(28)29-18)11-1-2-19(24)25/h3-10,12H,1-2,11,13H2,(H,24,25)/b18-12-. The Hall–Kier alpha value is -2.35. The van der Waals surface area contributed by atoms with Gasteiger partial charge in [0.05, 0.1) is 4.91 Å². The molecule has 2 aromatic carbocycles. The fraction of sp³-hybridized carbons (Fsp3) is 0.190. The molecule has 1 fully saturated rings. The average Bonchev–Trinajstić information content (AvgIpc) is 2.96. The predicted molar refractivity (Wildman–Crippen MR) is 119 cm³/mol. The average molecular weight is 448 g/mol. The normalized spacial score (nSPS) is 15.2. The number of aliphatic carboxylic acids is 1. The van der Waals surface area contributed by atoms with E-state index < -0.39 is 5.97 Å². The van der Waals surface area contributed by atoms with E-state index in [1.54, 1.807) is 6.08 Å². The van der Waals surface area contributed by atoms with Gasteiger partial charge < -0.3 is 9.84 Å². The molecule has 0 aromatic heterocycles. The van der Waals surface area contributed by atoms with Crippen molar-refractivity contribution in [2.24, 2.45) is 0 Å². The van der Waals surface area contributed by atoms with E-state index in [0.29, 0.717) is 33.8 Å². The maximum absolute atomic E-state index is 12.5. The van der Waals surface area contributed by atoms with E-state index >= 15 is 0 Å². The van der Waals surface area contributed by atoms with Gasteiger partial charge in [-0.25, -0.2) is 0 Å². The van der Waals surface area contributed by atoms with Gasteiger partial charge in [-0.3, -0.25) is 14.5 Å². The zero-order chi connectivity index (χ0) is 20.8. The minimum Gasteiger partial charge on any atom is -0.489 e. The van der Waals surface area contributed by atoms with Crippen molar-refractivity contribution in [3.05, 3.63) is 69.6 Å². The number of carboxylic acids is 1. The summed E-state index contributed by atoms with van der Waals surface area (Å²) in [4.78, 5) is 25.1. The molecule has 1 N–H and O–H groups in total. The summed E-state index contributed by atoms with van der Waals surface area (Å²) in [6.07, 6.45) is 2.15. The molecular weight excluding hydrogens is 430 g/mol. The van der Waals surface area contributed by atoms with Gasteiger partial charge in [0, 0.05) is 18.0 Å². The number of hydrogen-bond donors (Lipinski definition) is 1. The first kappa shape index (κ1) is 21.4. The molecule has 2 aromatic rings. The van der Waals surface area contributed by atoms with Crippen molar-refractivity contribution in [3.63, 3.8) is 0 Å². The van der Waals surface area contributed by atoms with Crippen molar-refractivity contribution in [3.8, 4) is 5.75 Å². The predicted octanol–water partition coefficient (Wildman–Crippen LogP) is 4.99. The molecule has 8 heteroatoms. The SMILES string of the molecule is O=C(O)CCCN1C(=O)/C(=C/c2ccc(OCc3ccc(Cl)cc3)cc2)SC1=S. The minimum atomic E-state index is -0.885. The Kier molecular flexibility index (Phi) is 7.30. The molecular formula is C21H18ClNO4S2. The van der Waals surface area contributed by atoms with Crippen molar-refractivity contribution in [2.45, 2.75) is 19.4 Å². The van der Waals surface area contributed by atoms with Crippen LogP contribution in [0.4, 0.5) is 0 Å². The van der Waals surface area contributed by atoms with E-state index in [1.165, 1.54) is 16.7 Å². The molecule has 29 heavy (non-hydrogen) atoms. The molecule has 0 unspecified atom stereocenters. The minimum absolute atomic E-state index is 0.00753. The van der Waals surface area contributed by atoms with Crippen LogP contribution in [0.3, 0.4) is 0 Å². The summed E-state index contributed by atoms with van der Waals surface area (Å²) in [7, 11) is 0. The van der Waals surface area contributed by atoms with Crippen LogP contribution in [-0.4, -0.2) is 32.7 Å². The first-order valence-electron chi connectivity index (χ1n) is 8.87. The van der Waals surface area contributed by atoms with Crippen LogP contribution in [-0.2, 0) is 16.2 Å². The van der Waals surface area contributed by atoms with Crippen molar-refractivity contribution < 1.29 is 19.4 Å². The van der Waals surface area contributed by atoms with E-state index in [-0.39, 0.29) is 12.3 Å². The summed E-state index contributed by atoms with van der Waals surface area (Å²) in [5, 5.41) is 9.42. The van der Waals surface area contributed by atoms with E-state index in [0.717, 1.165) is 16.9 Å². The summed E-state index contributed by atoms with van der Waals surface area (Å²) < 4.78 is 6.22. The smallest absolute Gasteiger partial charge is 0.303 e. The molecule has 0 spiro atoms. The number of halogens is 1. The number of carbonyl (C=O) groups excluding carboxylic acids is 1. The lowest BCUT2D eigenvalue weighted by molar-refractivity contribution is -0.137. The molecule has 1 heterocycles. The Morgan fingerprint density at radius 2 is 1.86 bits per heavy atom. The lowest BCUT2D eigenvalue weighted by atomic mass is 10.2. The quantitative estimate of drug-likeness (QED) is 0.454. The van der Waals surface area contributed by atoms with Crippen molar-refractivity contribution >= 4 is 57.9 Å². The van der Waals surface area contributed by atoms with Crippen LogP contribution in [0.2, 0.25) is 5.02 Å².